The third-order valence-electron chi connectivity index (χ3n) is 4.31. The second kappa shape index (κ2) is 7.72. The van der Waals surface area contributed by atoms with Crippen LogP contribution in [0.3, 0.4) is 0 Å². The van der Waals surface area contributed by atoms with Crippen LogP contribution in [0, 0.1) is 10.1 Å². The molecule has 0 saturated carbocycles. The van der Waals surface area contributed by atoms with Crippen LogP contribution in [0.4, 0.5) is 5.69 Å². The fourth-order valence-corrected chi connectivity index (χ4v) is 3.24. The van der Waals surface area contributed by atoms with E-state index in [1.807, 2.05) is 4.90 Å². The summed E-state index contributed by atoms with van der Waals surface area (Å²) in [6.45, 7) is 0.993. The molecule has 1 unspecified atom stereocenters. The maximum absolute atomic E-state index is 11.4. The van der Waals surface area contributed by atoms with Gasteiger partial charge in [0.05, 0.1) is 9.95 Å². The number of benzene rings is 2. The first kappa shape index (κ1) is 18.2. The van der Waals surface area contributed by atoms with Gasteiger partial charge >= 0.3 is 11.7 Å². The Labute approximate surface area is 154 Å². The highest BCUT2D eigenvalue weighted by Crippen LogP contribution is 2.35. The molecule has 1 heterocycles. The highest BCUT2D eigenvalue weighted by molar-refractivity contribution is 6.32. The Morgan fingerprint density at radius 3 is 2.77 bits per heavy atom. The number of hydrogen-bond acceptors (Lipinski definition) is 5. The molecule has 2 aromatic carbocycles. The number of carboxylic acids is 1. The molecule has 0 aromatic heterocycles. The molecule has 136 valence electrons. The van der Waals surface area contributed by atoms with Gasteiger partial charge < -0.3 is 9.84 Å². The second-order valence-electron chi connectivity index (χ2n) is 6.06. The first-order valence-electron chi connectivity index (χ1n) is 8.12. The lowest BCUT2D eigenvalue weighted by atomic mass is 10.1. The van der Waals surface area contributed by atoms with Gasteiger partial charge in [-0.2, -0.15) is 0 Å². The van der Waals surface area contributed by atoms with E-state index in [9.17, 15) is 20.0 Å². The summed E-state index contributed by atoms with van der Waals surface area (Å²) in [4.78, 5) is 24.0. The quantitative estimate of drug-likeness (QED) is 0.603. The minimum Gasteiger partial charge on any atom is -0.480 e. The number of nitro benzene ring substituents is 1. The summed E-state index contributed by atoms with van der Waals surface area (Å²) in [6, 6.07) is 10.8. The largest absolute Gasteiger partial charge is 0.480 e. The summed E-state index contributed by atoms with van der Waals surface area (Å²) in [7, 11) is 0. The third-order valence-corrected chi connectivity index (χ3v) is 4.62. The number of nitrogens with zero attached hydrogens (tertiary/aromatic N) is 2. The molecule has 3 rings (SSSR count). The number of likely N-dealkylation sites (tertiary alicyclic amines) is 1. The average molecular weight is 377 g/mol. The topological polar surface area (TPSA) is 92.9 Å². The van der Waals surface area contributed by atoms with Crippen LogP contribution >= 0.6 is 11.6 Å². The predicted octanol–water partition coefficient (Wildman–Crippen LogP) is 4.09. The number of halogens is 1. The Morgan fingerprint density at radius 2 is 2.08 bits per heavy atom. The molecule has 8 heteroatoms. The number of hydrogen-bond donors (Lipinski definition) is 1. The van der Waals surface area contributed by atoms with Crippen molar-refractivity contribution >= 4 is 23.3 Å². The minimum atomic E-state index is -0.865. The van der Waals surface area contributed by atoms with Crippen LogP contribution in [0.1, 0.15) is 18.4 Å². The third kappa shape index (κ3) is 3.95. The lowest BCUT2D eigenvalue weighted by Gasteiger charge is -2.21. The molecule has 1 saturated heterocycles. The van der Waals surface area contributed by atoms with Gasteiger partial charge in [0.2, 0.25) is 5.75 Å². The number of para-hydroxylation sites is 1. The first-order chi connectivity index (χ1) is 12.5. The Bertz CT molecular complexity index is 842. The second-order valence-corrected chi connectivity index (χ2v) is 6.47. The van der Waals surface area contributed by atoms with E-state index < -0.39 is 16.9 Å². The van der Waals surface area contributed by atoms with E-state index in [-0.39, 0.29) is 11.4 Å². The van der Waals surface area contributed by atoms with Crippen molar-refractivity contribution in [2.24, 2.45) is 0 Å². The van der Waals surface area contributed by atoms with Crippen molar-refractivity contribution in [3.8, 4) is 11.5 Å². The summed E-state index contributed by atoms with van der Waals surface area (Å²) < 4.78 is 5.60. The molecule has 26 heavy (non-hydrogen) atoms. The fraction of sp³-hybridized carbons (Fsp3) is 0.278. The summed E-state index contributed by atoms with van der Waals surface area (Å²) in [5.74, 6) is -0.450. The lowest BCUT2D eigenvalue weighted by Crippen LogP contribution is -2.35. The molecule has 1 atom stereocenters. The van der Waals surface area contributed by atoms with Crippen molar-refractivity contribution in [2.45, 2.75) is 25.4 Å². The van der Waals surface area contributed by atoms with Crippen LogP contribution in [0.2, 0.25) is 5.02 Å². The lowest BCUT2D eigenvalue weighted by molar-refractivity contribution is -0.385. The number of aliphatic carboxylic acids is 1. The number of rotatable bonds is 6. The van der Waals surface area contributed by atoms with Gasteiger partial charge in [-0.25, -0.2) is 0 Å². The van der Waals surface area contributed by atoms with Crippen LogP contribution in [-0.2, 0) is 11.3 Å². The van der Waals surface area contributed by atoms with Gasteiger partial charge in [-0.05, 0) is 43.1 Å². The zero-order valence-corrected chi connectivity index (χ0v) is 14.6. The number of carbonyl (C=O) groups is 1. The maximum atomic E-state index is 11.4. The predicted molar refractivity (Wildman–Crippen MR) is 95.7 cm³/mol. The van der Waals surface area contributed by atoms with Crippen LogP contribution in [-0.4, -0.2) is 33.5 Å². The average Bonchev–Trinajstić information content (AvgIpc) is 3.06. The zero-order chi connectivity index (χ0) is 18.7. The summed E-state index contributed by atoms with van der Waals surface area (Å²) >= 11 is 6.04. The molecule has 0 bridgehead atoms. The Kier molecular flexibility index (Phi) is 5.39. The van der Waals surface area contributed by atoms with E-state index in [1.165, 1.54) is 12.1 Å². The molecule has 1 fully saturated rings. The van der Waals surface area contributed by atoms with Gasteiger partial charge in [-0.3, -0.25) is 19.8 Å². The van der Waals surface area contributed by atoms with Crippen molar-refractivity contribution < 1.29 is 19.6 Å². The first-order valence-corrected chi connectivity index (χ1v) is 8.50. The van der Waals surface area contributed by atoms with Crippen molar-refractivity contribution in [2.75, 3.05) is 6.54 Å². The monoisotopic (exact) mass is 376 g/mol. The van der Waals surface area contributed by atoms with Gasteiger partial charge in [-0.15, -0.1) is 0 Å². The number of ether oxygens (including phenoxy) is 1. The van der Waals surface area contributed by atoms with E-state index in [0.29, 0.717) is 35.8 Å². The van der Waals surface area contributed by atoms with Crippen molar-refractivity contribution in [1.29, 1.82) is 0 Å². The summed E-state index contributed by atoms with van der Waals surface area (Å²) in [5.41, 5.74) is 0.477. The Balaban J connectivity index is 1.84. The highest BCUT2D eigenvalue weighted by Gasteiger charge is 2.30. The van der Waals surface area contributed by atoms with E-state index in [0.717, 1.165) is 6.42 Å². The molecule has 0 radical (unpaired) electrons. The van der Waals surface area contributed by atoms with Gasteiger partial charge in [0.25, 0.3) is 0 Å². The number of nitro groups is 1. The molecule has 0 spiro atoms. The fourth-order valence-electron chi connectivity index (χ4n) is 3.07. The van der Waals surface area contributed by atoms with Gasteiger partial charge in [-0.1, -0.05) is 29.8 Å². The van der Waals surface area contributed by atoms with Crippen LogP contribution in [0.5, 0.6) is 11.5 Å². The smallest absolute Gasteiger partial charge is 0.320 e. The molecule has 1 aliphatic heterocycles. The van der Waals surface area contributed by atoms with Gasteiger partial charge in [0.15, 0.2) is 0 Å². The molecule has 0 amide bonds. The van der Waals surface area contributed by atoms with Gasteiger partial charge in [0.1, 0.15) is 11.8 Å². The van der Waals surface area contributed by atoms with Crippen molar-refractivity contribution in [3.63, 3.8) is 0 Å². The van der Waals surface area contributed by atoms with Crippen LogP contribution in [0.25, 0.3) is 0 Å². The van der Waals surface area contributed by atoms with E-state index >= 15 is 0 Å². The molecular weight excluding hydrogens is 360 g/mol. The molecule has 1 aliphatic rings. The molecule has 1 N–H and O–H groups in total. The Morgan fingerprint density at radius 1 is 1.31 bits per heavy atom. The standard InChI is InChI=1S/C18H17ClN2O5/c19-13-4-1-2-6-16(13)26-17-8-7-12(10-15(17)21(24)25)11-20-9-3-5-14(20)18(22)23/h1-2,4,6-8,10,14H,3,5,9,11H2,(H,22,23). The summed E-state index contributed by atoms with van der Waals surface area (Å²) in [5, 5.41) is 21.1. The van der Waals surface area contributed by atoms with Crippen molar-refractivity contribution in [3.05, 3.63) is 63.2 Å². The molecular formula is C18H17ClN2O5. The van der Waals surface area contributed by atoms with Crippen molar-refractivity contribution in [1.82, 2.24) is 4.90 Å². The SMILES string of the molecule is O=C(O)C1CCCN1Cc1ccc(Oc2ccccc2Cl)c([N+](=O)[O-])c1. The number of carboxylic acid groups (broad SMARTS) is 1. The van der Waals surface area contributed by atoms with E-state index in [2.05, 4.69) is 0 Å². The minimum absolute atomic E-state index is 0.0862. The normalized spacial score (nSPS) is 17.2. The Hall–Kier alpha value is -2.64. The van der Waals surface area contributed by atoms with E-state index in [1.54, 1.807) is 30.3 Å². The van der Waals surface area contributed by atoms with Gasteiger partial charge in [0, 0.05) is 12.6 Å². The molecule has 7 nitrogen and oxygen atoms in total. The van der Waals surface area contributed by atoms with Crippen LogP contribution in [0.15, 0.2) is 42.5 Å². The highest BCUT2D eigenvalue weighted by atomic mass is 35.5. The molecule has 2 aromatic rings. The van der Waals surface area contributed by atoms with Crippen LogP contribution < -0.4 is 4.74 Å². The maximum Gasteiger partial charge on any atom is 0.320 e. The zero-order valence-electron chi connectivity index (χ0n) is 13.8. The summed E-state index contributed by atoms with van der Waals surface area (Å²) in [6.07, 6.45) is 1.39. The molecule has 0 aliphatic carbocycles. The van der Waals surface area contributed by atoms with E-state index in [4.69, 9.17) is 16.3 Å².